The fourth-order valence-electron chi connectivity index (χ4n) is 3.51. The molecule has 156 valence electrons. The largest absolute Gasteiger partial charge is 0.338 e. The number of para-hydroxylation sites is 1. The van der Waals surface area contributed by atoms with Crippen molar-refractivity contribution in [1.29, 1.82) is 0 Å². The highest BCUT2D eigenvalue weighted by molar-refractivity contribution is 7.92. The molecule has 1 unspecified atom stereocenters. The summed E-state index contributed by atoms with van der Waals surface area (Å²) in [5.74, 6) is -0.567. The molecule has 3 aromatic rings. The van der Waals surface area contributed by atoms with Crippen molar-refractivity contribution in [1.82, 2.24) is 9.88 Å². The van der Waals surface area contributed by atoms with Crippen molar-refractivity contribution in [3.63, 3.8) is 0 Å². The van der Waals surface area contributed by atoms with Crippen LogP contribution < -0.4 is 4.72 Å². The van der Waals surface area contributed by atoms with Gasteiger partial charge in [0, 0.05) is 36.1 Å². The molecule has 0 aliphatic carbocycles. The Balaban J connectivity index is 1.47. The van der Waals surface area contributed by atoms with Crippen LogP contribution in [0.15, 0.2) is 65.0 Å². The summed E-state index contributed by atoms with van der Waals surface area (Å²) in [6.45, 7) is 1.26. The highest BCUT2D eigenvalue weighted by Gasteiger charge is 2.27. The Bertz CT molecular complexity index is 1130. The van der Waals surface area contributed by atoms with E-state index in [9.17, 15) is 17.6 Å². The first-order chi connectivity index (χ1) is 14.4. The van der Waals surface area contributed by atoms with Gasteiger partial charge in [0.25, 0.3) is 15.9 Å². The summed E-state index contributed by atoms with van der Waals surface area (Å²) >= 11 is 1.60. The number of halogens is 1. The molecule has 1 atom stereocenters. The van der Waals surface area contributed by atoms with Gasteiger partial charge in [-0.2, -0.15) is 0 Å². The molecule has 1 N–H and O–H groups in total. The number of thiazole rings is 1. The summed E-state index contributed by atoms with van der Waals surface area (Å²) in [7, 11) is -3.96. The molecule has 2 heterocycles. The van der Waals surface area contributed by atoms with Crippen molar-refractivity contribution in [2.75, 3.05) is 17.8 Å². The fourth-order valence-corrected chi connectivity index (χ4v) is 5.34. The number of benzene rings is 2. The molecule has 0 bridgehead atoms. The van der Waals surface area contributed by atoms with Crippen molar-refractivity contribution >= 4 is 33.0 Å². The van der Waals surface area contributed by atoms with Gasteiger partial charge >= 0.3 is 0 Å². The molecule has 0 spiro atoms. The lowest BCUT2D eigenvalue weighted by molar-refractivity contribution is 0.0707. The zero-order valence-corrected chi connectivity index (χ0v) is 17.6. The maximum absolute atomic E-state index is 13.8. The molecule has 30 heavy (non-hydrogen) atoms. The second-order valence-electron chi connectivity index (χ2n) is 7.07. The van der Waals surface area contributed by atoms with E-state index in [0.29, 0.717) is 18.7 Å². The van der Waals surface area contributed by atoms with E-state index in [2.05, 4.69) is 9.71 Å². The number of likely N-dealkylation sites (tertiary alicyclic amines) is 1. The Morgan fingerprint density at radius 2 is 1.93 bits per heavy atom. The van der Waals surface area contributed by atoms with Crippen molar-refractivity contribution in [3.05, 3.63) is 76.5 Å². The van der Waals surface area contributed by atoms with E-state index in [-0.39, 0.29) is 22.4 Å². The Hall–Kier alpha value is -2.78. The van der Waals surface area contributed by atoms with Gasteiger partial charge in [-0.3, -0.25) is 9.52 Å². The van der Waals surface area contributed by atoms with Gasteiger partial charge < -0.3 is 4.90 Å². The molecule has 9 heteroatoms. The lowest BCUT2D eigenvalue weighted by Crippen LogP contribution is -2.39. The van der Waals surface area contributed by atoms with Crippen LogP contribution in [-0.4, -0.2) is 37.3 Å². The van der Waals surface area contributed by atoms with Gasteiger partial charge in [-0.15, -0.1) is 11.3 Å². The fraction of sp³-hybridized carbons (Fsp3) is 0.238. The Morgan fingerprint density at radius 1 is 1.17 bits per heavy atom. The maximum Gasteiger partial charge on any atom is 0.261 e. The minimum atomic E-state index is -3.96. The number of carbonyl (C=O) groups excluding carboxylic acids is 1. The first kappa shape index (κ1) is 20.5. The molecule has 0 saturated carbocycles. The number of anilines is 1. The highest BCUT2D eigenvalue weighted by Crippen LogP contribution is 2.29. The van der Waals surface area contributed by atoms with Crippen LogP contribution in [0, 0.1) is 5.82 Å². The summed E-state index contributed by atoms with van der Waals surface area (Å²) < 4.78 is 41.1. The second-order valence-corrected chi connectivity index (χ2v) is 9.68. The summed E-state index contributed by atoms with van der Waals surface area (Å²) in [6, 6.07) is 11.2. The second kappa shape index (κ2) is 8.53. The average molecular weight is 446 g/mol. The van der Waals surface area contributed by atoms with E-state index in [1.165, 1.54) is 42.5 Å². The summed E-state index contributed by atoms with van der Waals surface area (Å²) in [5, 5.41) is 2.97. The third-order valence-corrected chi connectivity index (χ3v) is 7.36. The summed E-state index contributed by atoms with van der Waals surface area (Å²) in [6.07, 6.45) is 3.67. The number of amides is 1. The lowest BCUT2D eigenvalue weighted by atomic mass is 9.98. The Morgan fingerprint density at radius 3 is 2.63 bits per heavy atom. The van der Waals surface area contributed by atoms with Crippen molar-refractivity contribution in [2.45, 2.75) is 23.7 Å². The van der Waals surface area contributed by atoms with Crippen LogP contribution in [0.2, 0.25) is 0 Å². The topological polar surface area (TPSA) is 79.4 Å². The monoisotopic (exact) mass is 445 g/mol. The molecule has 1 amide bonds. The van der Waals surface area contributed by atoms with Gasteiger partial charge in [0.2, 0.25) is 0 Å². The van der Waals surface area contributed by atoms with Crippen LogP contribution in [0.5, 0.6) is 0 Å². The molecule has 6 nitrogen and oxygen atoms in total. The molecule has 4 rings (SSSR count). The quantitative estimate of drug-likeness (QED) is 0.641. The summed E-state index contributed by atoms with van der Waals surface area (Å²) in [4.78, 5) is 19.0. The van der Waals surface area contributed by atoms with E-state index in [0.717, 1.165) is 17.8 Å². The maximum atomic E-state index is 13.8. The first-order valence-electron chi connectivity index (χ1n) is 9.50. The molecule has 2 aromatic carbocycles. The van der Waals surface area contributed by atoms with Crippen LogP contribution in [0.3, 0.4) is 0 Å². The minimum absolute atomic E-state index is 0.0402. The number of hydrogen-bond donors (Lipinski definition) is 1. The standard InChI is InChI=1S/C21H20FN3O3S2/c22-18-5-1-2-6-19(18)24-30(27,28)17-9-7-15(8-10-17)21(26)25-12-3-4-16(14-25)20-23-11-13-29-20/h1-2,5-11,13,16,24H,3-4,12,14H2. The summed E-state index contributed by atoms with van der Waals surface area (Å²) in [5.41, 5.74) is 0.291. The van der Waals surface area contributed by atoms with E-state index in [4.69, 9.17) is 0 Å². The van der Waals surface area contributed by atoms with E-state index in [1.807, 2.05) is 5.38 Å². The van der Waals surface area contributed by atoms with Crippen molar-refractivity contribution in [3.8, 4) is 0 Å². The predicted molar refractivity (Wildman–Crippen MR) is 114 cm³/mol. The van der Waals surface area contributed by atoms with Crippen molar-refractivity contribution < 1.29 is 17.6 Å². The molecule has 1 aromatic heterocycles. The molecule has 0 radical (unpaired) electrons. The van der Waals surface area contributed by atoms with Crippen molar-refractivity contribution in [2.24, 2.45) is 0 Å². The van der Waals surface area contributed by atoms with Gasteiger partial charge in [-0.1, -0.05) is 12.1 Å². The molecule has 1 fully saturated rings. The smallest absolute Gasteiger partial charge is 0.261 e. The number of hydrogen-bond acceptors (Lipinski definition) is 5. The zero-order chi connectivity index (χ0) is 21.1. The SMILES string of the molecule is O=C(c1ccc(S(=O)(=O)Nc2ccccc2F)cc1)N1CCCC(c2nccs2)C1. The molecular weight excluding hydrogens is 425 g/mol. The lowest BCUT2D eigenvalue weighted by Gasteiger charge is -2.32. The Labute approximate surface area is 178 Å². The van der Waals surface area contributed by atoms with E-state index >= 15 is 0 Å². The van der Waals surface area contributed by atoms with Gasteiger partial charge in [-0.25, -0.2) is 17.8 Å². The van der Waals surface area contributed by atoms with Gasteiger partial charge in [0.05, 0.1) is 15.6 Å². The van der Waals surface area contributed by atoms with Crippen LogP contribution >= 0.6 is 11.3 Å². The van der Waals surface area contributed by atoms with E-state index < -0.39 is 15.8 Å². The molecule has 1 saturated heterocycles. The Kier molecular flexibility index (Phi) is 5.83. The average Bonchev–Trinajstić information content (AvgIpc) is 3.30. The number of sulfonamides is 1. The van der Waals surface area contributed by atoms with E-state index in [1.54, 1.807) is 28.5 Å². The number of nitrogens with one attached hydrogen (secondary N) is 1. The van der Waals surface area contributed by atoms with Crippen LogP contribution in [0.1, 0.15) is 34.1 Å². The van der Waals surface area contributed by atoms with Gasteiger partial charge in [-0.05, 0) is 49.2 Å². The zero-order valence-electron chi connectivity index (χ0n) is 16.0. The third kappa shape index (κ3) is 4.36. The molecule has 1 aliphatic heterocycles. The predicted octanol–water partition coefficient (Wildman–Crippen LogP) is 4.10. The van der Waals surface area contributed by atoms with Crippen LogP contribution in [0.25, 0.3) is 0 Å². The molecule has 1 aliphatic rings. The minimum Gasteiger partial charge on any atom is -0.338 e. The normalized spacial score (nSPS) is 17.0. The third-order valence-electron chi connectivity index (χ3n) is 5.04. The number of carbonyl (C=O) groups is 1. The van der Waals surface area contributed by atoms with Crippen LogP contribution in [-0.2, 0) is 10.0 Å². The number of aromatic nitrogens is 1. The highest BCUT2D eigenvalue weighted by atomic mass is 32.2. The first-order valence-corrected chi connectivity index (χ1v) is 11.9. The number of piperidine rings is 1. The molecular formula is C21H20FN3O3S2. The van der Waals surface area contributed by atoms with Gasteiger partial charge in [0.1, 0.15) is 5.82 Å². The van der Waals surface area contributed by atoms with Gasteiger partial charge in [0.15, 0.2) is 0 Å². The number of nitrogens with zero attached hydrogens (tertiary/aromatic N) is 2. The van der Waals surface area contributed by atoms with Crippen LogP contribution in [0.4, 0.5) is 10.1 Å². The number of rotatable bonds is 5.